The summed E-state index contributed by atoms with van der Waals surface area (Å²) in [7, 11) is 1.53. The lowest BCUT2D eigenvalue weighted by Gasteiger charge is -2.10. The Labute approximate surface area is 148 Å². The first-order valence-corrected chi connectivity index (χ1v) is 8.02. The number of amides is 2. The fourth-order valence-corrected chi connectivity index (χ4v) is 2.45. The van der Waals surface area contributed by atoms with Crippen LogP contribution in [0.4, 0.5) is 10.5 Å². The van der Waals surface area contributed by atoms with Crippen molar-refractivity contribution in [1.82, 2.24) is 5.32 Å². The van der Waals surface area contributed by atoms with Gasteiger partial charge in [-0.25, -0.2) is 4.79 Å². The van der Waals surface area contributed by atoms with Gasteiger partial charge in [0.25, 0.3) is 0 Å². The predicted molar refractivity (Wildman–Crippen MR) is 94.7 cm³/mol. The Hall–Kier alpha value is -1.92. The Morgan fingerprint density at radius 2 is 2.09 bits per heavy atom. The number of rotatable bonds is 6. The lowest BCUT2D eigenvalue weighted by molar-refractivity contribution is 0.247. The lowest BCUT2D eigenvalue weighted by Crippen LogP contribution is -2.32. The molecule has 2 aromatic rings. The quantitative estimate of drug-likeness (QED) is 0.712. The summed E-state index contributed by atoms with van der Waals surface area (Å²) in [4.78, 5) is 11.8. The van der Waals surface area contributed by atoms with Gasteiger partial charge in [0.1, 0.15) is 18.1 Å². The van der Waals surface area contributed by atoms with Gasteiger partial charge in [-0.05, 0) is 36.4 Å². The number of carbonyl (C=O) groups excluding carboxylic acids is 1. The Balaban J connectivity index is 1.74. The zero-order valence-corrected chi connectivity index (χ0v) is 14.8. The number of anilines is 1. The fraction of sp³-hybridized carbons (Fsp3) is 0.188. The molecule has 0 aliphatic rings. The van der Waals surface area contributed by atoms with Gasteiger partial charge < -0.3 is 20.1 Å². The van der Waals surface area contributed by atoms with Crippen molar-refractivity contribution in [1.29, 1.82) is 0 Å². The van der Waals surface area contributed by atoms with E-state index >= 15 is 0 Å². The summed E-state index contributed by atoms with van der Waals surface area (Å²) in [6.45, 7) is 0.746. The van der Waals surface area contributed by atoms with E-state index in [0.29, 0.717) is 29.6 Å². The number of hydrogen-bond donors (Lipinski definition) is 2. The summed E-state index contributed by atoms with van der Waals surface area (Å²) in [5.41, 5.74) is 0.584. The lowest BCUT2D eigenvalue weighted by atomic mass is 10.3. The smallest absolute Gasteiger partial charge is 0.319 e. The number of methoxy groups -OCH3 is 1. The molecule has 0 aliphatic carbocycles. The van der Waals surface area contributed by atoms with Crippen molar-refractivity contribution in [2.24, 2.45) is 0 Å². The molecule has 2 aromatic carbocycles. The monoisotopic (exact) mass is 398 g/mol. The molecule has 2 amide bonds. The molecule has 0 saturated heterocycles. The Kier molecular flexibility index (Phi) is 6.55. The number of nitrogens with one attached hydrogen (secondary N) is 2. The van der Waals surface area contributed by atoms with Crippen LogP contribution in [-0.4, -0.2) is 26.3 Å². The van der Waals surface area contributed by atoms with Gasteiger partial charge in [-0.3, -0.25) is 0 Å². The molecule has 0 bridgehead atoms. The molecule has 0 aromatic heterocycles. The highest BCUT2D eigenvalue weighted by molar-refractivity contribution is 9.10. The summed E-state index contributed by atoms with van der Waals surface area (Å²) in [6.07, 6.45) is 0. The van der Waals surface area contributed by atoms with Crippen LogP contribution >= 0.6 is 27.5 Å². The van der Waals surface area contributed by atoms with Crippen molar-refractivity contribution < 1.29 is 14.3 Å². The van der Waals surface area contributed by atoms with Crippen LogP contribution in [0.15, 0.2) is 46.9 Å². The first-order chi connectivity index (χ1) is 11.1. The number of benzene rings is 2. The van der Waals surface area contributed by atoms with Gasteiger partial charge in [-0.2, -0.15) is 0 Å². The molecule has 2 N–H and O–H groups in total. The van der Waals surface area contributed by atoms with Crippen LogP contribution < -0.4 is 20.1 Å². The number of carbonyl (C=O) groups is 1. The molecular formula is C16H16BrClN2O3. The molecule has 2 rings (SSSR count). The van der Waals surface area contributed by atoms with E-state index in [1.165, 1.54) is 7.11 Å². The molecule has 0 spiro atoms. The van der Waals surface area contributed by atoms with Gasteiger partial charge in [0.2, 0.25) is 0 Å². The van der Waals surface area contributed by atoms with Crippen molar-refractivity contribution in [2.75, 3.05) is 25.6 Å². The van der Waals surface area contributed by atoms with Crippen molar-refractivity contribution in [3.05, 3.63) is 52.0 Å². The first kappa shape index (κ1) is 17.4. The summed E-state index contributed by atoms with van der Waals surface area (Å²) in [5, 5.41) is 5.83. The minimum atomic E-state index is -0.330. The zero-order valence-electron chi connectivity index (χ0n) is 12.4. The molecule has 0 saturated carbocycles. The minimum absolute atomic E-state index is 0.330. The van der Waals surface area contributed by atoms with Crippen LogP contribution in [0.25, 0.3) is 0 Å². The van der Waals surface area contributed by atoms with Crippen molar-refractivity contribution in [3.63, 3.8) is 0 Å². The summed E-state index contributed by atoms with van der Waals surface area (Å²) in [6, 6.07) is 12.2. The van der Waals surface area contributed by atoms with Gasteiger partial charge >= 0.3 is 6.03 Å². The van der Waals surface area contributed by atoms with Crippen LogP contribution in [-0.2, 0) is 0 Å². The van der Waals surface area contributed by atoms with E-state index in [0.717, 1.165) is 10.2 Å². The number of ether oxygens (including phenoxy) is 2. The number of halogens is 2. The standard InChI is InChI=1S/C16H16BrClN2O3/c1-22-15-6-5-12(10-14(15)18)20-16(21)19-7-8-23-13-4-2-3-11(17)9-13/h2-6,9-10H,7-8H2,1H3,(H2,19,20,21). The van der Waals surface area contributed by atoms with Crippen LogP contribution in [0.1, 0.15) is 0 Å². The van der Waals surface area contributed by atoms with Crippen molar-refractivity contribution in [2.45, 2.75) is 0 Å². The highest BCUT2D eigenvalue weighted by Crippen LogP contribution is 2.27. The highest BCUT2D eigenvalue weighted by Gasteiger charge is 2.05. The van der Waals surface area contributed by atoms with Gasteiger partial charge in [0, 0.05) is 10.2 Å². The number of hydrogen-bond acceptors (Lipinski definition) is 3. The maximum atomic E-state index is 11.8. The Morgan fingerprint density at radius 1 is 1.26 bits per heavy atom. The first-order valence-electron chi connectivity index (χ1n) is 6.85. The number of urea groups is 1. The third kappa shape index (κ3) is 5.65. The summed E-state index contributed by atoms with van der Waals surface area (Å²) >= 11 is 9.37. The second-order valence-corrected chi connectivity index (χ2v) is 5.86. The van der Waals surface area contributed by atoms with Crippen molar-refractivity contribution in [3.8, 4) is 11.5 Å². The van der Waals surface area contributed by atoms with Crippen LogP contribution in [0, 0.1) is 0 Å². The van der Waals surface area contributed by atoms with Gasteiger partial charge in [-0.15, -0.1) is 0 Å². The average molecular weight is 400 g/mol. The molecule has 0 fully saturated rings. The van der Waals surface area contributed by atoms with Crippen LogP contribution in [0.3, 0.4) is 0 Å². The second-order valence-electron chi connectivity index (χ2n) is 4.54. The van der Waals surface area contributed by atoms with E-state index in [4.69, 9.17) is 21.1 Å². The van der Waals surface area contributed by atoms with E-state index in [1.807, 2.05) is 24.3 Å². The van der Waals surface area contributed by atoms with Crippen molar-refractivity contribution >= 4 is 39.2 Å². The molecular weight excluding hydrogens is 384 g/mol. The van der Waals surface area contributed by atoms with E-state index < -0.39 is 0 Å². The second kappa shape index (κ2) is 8.64. The summed E-state index contributed by atoms with van der Waals surface area (Å²) < 4.78 is 11.5. The minimum Gasteiger partial charge on any atom is -0.495 e. The Bertz CT molecular complexity index is 682. The van der Waals surface area contributed by atoms with Gasteiger partial charge in [-0.1, -0.05) is 33.6 Å². The maximum absolute atomic E-state index is 11.8. The largest absolute Gasteiger partial charge is 0.495 e. The molecule has 7 heteroatoms. The van der Waals surface area contributed by atoms with Crippen LogP contribution in [0.2, 0.25) is 5.02 Å². The highest BCUT2D eigenvalue weighted by atomic mass is 79.9. The molecule has 0 atom stereocenters. The molecule has 122 valence electrons. The molecule has 0 unspecified atom stereocenters. The normalized spacial score (nSPS) is 10.0. The zero-order chi connectivity index (χ0) is 16.7. The van der Waals surface area contributed by atoms with Crippen LogP contribution in [0.5, 0.6) is 11.5 Å². The van der Waals surface area contributed by atoms with Gasteiger partial charge in [0.05, 0.1) is 18.7 Å². The SMILES string of the molecule is COc1ccc(NC(=O)NCCOc2cccc(Br)c2)cc1Cl. The van der Waals surface area contributed by atoms with E-state index in [2.05, 4.69) is 26.6 Å². The summed E-state index contributed by atoms with van der Waals surface area (Å²) in [5.74, 6) is 1.29. The Morgan fingerprint density at radius 3 is 2.78 bits per heavy atom. The average Bonchev–Trinajstić information content (AvgIpc) is 2.52. The topological polar surface area (TPSA) is 59.6 Å². The molecule has 23 heavy (non-hydrogen) atoms. The van der Waals surface area contributed by atoms with Gasteiger partial charge in [0.15, 0.2) is 0 Å². The maximum Gasteiger partial charge on any atom is 0.319 e. The molecule has 0 radical (unpaired) electrons. The molecule has 0 aliphatic heterocycles. The molecule has 0 heterocycles. The third-order valence-corrected chi connectivity index (χ3v) is 3.65. The third-order valence-electron chi connectivity index (χ3n) is 2.86. The van der Waals surface area contributed by atoms with E-state index in [9.17, 15) is 4.79 Å². The van der Waals surface area contributed by atoms with E-state index in [1.54, 1.807) is 18.2 Å². The predicted octanol–water partition coefficient (Wildman–Crippen LogP) is 4.31. The fourth-order valence-electron chi connectivity index (χ4n) is 1.81. The molecule has 5 nitrogen and oxygen atoms in total. The van der Waals surface area contributed by atoms with E-state index in [-0.39, 0.29) is 6.03 Å².